The Bertz CT molecular complexity index is 482. The largest absolute Gasteiger partial charge is 0.344 e. The molecule has 0 aliphatic carbocycles. The van der Waals surface area contributed by atoms with Crippen LogP contribution in [0.2, 0.25) is 0 Å². The molecule has 1 nitrogen and oxygen atoms in total. The lowest BCUT2D eigenvalue weighted by Gasteiger charge is -2.00. The molecule has 0 atom stereocenters. The van der Waals surface area contributed by atoms with Crippen LogP contribution in [-0.4, -0.2) is 4.57 Å². The van der Waals surface area contributed by atoms with Crippen molar-refractivity contribution in [1.82, 2.24) is 4.57 Å². The molecule has 0 unspecified atom stereocenters. The van der Waals surface area contributed by atoms with Crippen LogP contribution in [0.5, 0.6) is 0 Å². The van der Waals surface area contributed by atoms with Gasteiger partial charge in [-0.15, -0.1) is 0 Å². The molecule has 0 aliphatic rings. The summed E-state index contributed by atoms with van der Waals surface area (Å²) in [6.45, 7) is 10.0. The Hall–Kier alpha value is -1.76. The van der Waals surface area contributed by atoms with Gasteiger partial charge in [-0.2, -0.15) is 0 Å². The Balaban J connectivity index is 3.65. The zero-order chi connectivity index (χ0) is 12.8. The van der Waals surface area contributed by atoms with Gasteiger partial charge in [0.25, 0.3) is 0 Å². The highest BCUT2D eigenvalue weighted by molar-refractivity contribution is 5.79. The third-order valence-electron chi connectivity index (χ3n) is 2.75. The number of hydrogen-bond acceptors (Lipinski definition) is 0. The maximum Gasteiger partial charge on any atom is 0.0485 e. The highest BCUT2D eigenvalue weighted by Gasteiger charge is 2.13. The first-order chi connectivity index (χ1) is 8.21. The lowest BCUT2D eigenvalue weighted by molar-refractivity contribution is 0.901. The highest BCUT2D eigenvalue weighted by Crippen LogP contribution is 2.27. The van der Waals surface area contributed by atoms with Crippen molar-refractivity contribution in [2.75, 3.05) is 0 Å². The van der Waals surface area contributed by atoms with Crippen LogP contribution in [0.3, 0.4) is 0 Å². The van der Waals surface area contributed by atoms with Crippen molar-refractivity contribution in [3.63, 3.8) is 0 Å². The summed E-state index contributed by atoms with van der Waals surface area (Å²) >= 11 is 0. The van der Waals surface area contributed by atoms with Gasteiger partial charge in [-0.05, 0) is 32.9 Å². The van der Waals surface area contributed by atoms with E-state index in [0.29, 0.717) is 0 Å². The molecule has 0 bridgehead atoms. The molecule has 1 aromatic heterocycles. The van der Waals surface area contributed by atoms with Crippen LogP contribution in [0.1, 0.15) is 43.3 Å². The SMILES string of the molecule is C=Cc1c(/C=C\C)c(/C=C\C)c(/C=C\C)n1C. The molecule has 0 radical (unpaired) electrons. The third kappa shape index (κ3) is 2.50. The molecule has 0 fully saturated rings. The normalized spacial score (nSPS) is 12.2. The molecular formula is C16H21N. The summed E-state index contributed by atoms with van der Waals surface area (Å²) in [5.74, 6) is 0. The maximum atomic E-state index is 3.91. The van der Waals surface area contributed by atoms with Crippen LogP contribution in [0.4, 0.5) is 0 Å². The number of allylic oxidation sites excluding steroid dienone is 3. The molecule has 0 aromatic carbocycles. The van der Waals surface area contributed by atoms with Gasteiger partial charge in [0.15, 0.2) is 0 Å². The summed E-state index contributed by atoms with van der Waals surface area (Å²) in [6.07, 6.45) is 14.5. The highest BCUT2D eigenvalue weighted by atomic mass is 15.0. The quantitative estimate of drug-likeness (QED) is 0.698. The molecule has 1 heterocycles. The summed E-state index contributed by atoms with van der Waals surface area (Å²) < 4.78 is 2.18. The van der Waals surface area contributed by atoms with Crippen molar-refractivity contribution in [2.45, 2.75) is 20.8 Å². The van der Waals surface area contributed by atoms with Crippen LogP contribution in [0.25, 0.3) is 24.3 Å². The first-order valence-electron chi connectivity index (χ1n) is 5.94. The molecule has 1 aromatic rings. The van der Waals surface area contributed by atoms with Crippen molar-refractivity contribution < 1.29 is 0 Å². The average Bonchev–Trinajstić information content (AvgIpc) is 2.55. The standard InChI is InChI=1S/C16H21N/c1-6-10-13-14(11-7-2)16(12-8-3)17(5)15(13)9-4/h6-12H,4H2,1-3,5H3/b10-6-,11-7-,12-8-. The van der Waals surface area contributed by atoms with Gasteiger partial charge in [0.2, 0.25) is 0 Å². The monoisotopic (exact) mass is 227 g/mol. The second kappa shape index (κ2) is 6.09. The van der Waals surface area contributed by atoms with E-state index in [4.69, 9.17) is 0 Å². The van der Waals surface area contributed by atoms with Gasteiger partial charge in [0, 0.05) is 29.6 Å². The van der Waals surface area contributed by atoms with Crippen LogP contribution in [-0.2, 0) is 7.05 Å². The average molecular weight is 227 g/mol. The van der Waals surface area contributed by atoms with E-state index in [9.17, 15) is 0 Å². The van der Waals surface area contributed by atoms with Crippen molar-refractivity contribution >= 4 is 24.3 Å². The van der Waals surface area contributed by atoms with Crippen LogP contribution in [0, 0.1) is 0 Å². The smallest absolute Gasteiger partial charge is 0.0485 e. The lowest BCUT2D eigenvalue weighted by Crippen LogP contribution is -1.93. The fraction of sp³-hybridized carbons (Fsp3) is 0.250. The van der Waals surface area contributed by atoms with E-state index in [0.717, 1.165) is 5.69 Å². The van der Waals surface area contributed by atoms with Crippen molar-refractivity contribution in [3.8, 4) is 0 Å². The number of aromatic nitrogens is 1. The van der Waals surface area contributed by atoms with E-state index in [2.05, 4.69) is 54.6 Å². The Morgan fingerprint density at radius 2 is 1.29 bits per heavy atom. The third-order valence-corrected chi connectivity index (χ3v) is 2.75. The van der Waals surface area contributed by atoms with Crippen molar-refractivity contribution in [2.24, 2.45) is 7.05 Å². The Labute approximate surface area is 104 Å². The van der Waals surface area contributed by atoms with E-state index >= 15 is 0 Å². The van der Waals surface area contributed by atoms with Gasteiger partial charge in [0.1, 0.15) is 0 Å². The molecular weight excluding hydrogens is 206 g/mol. The minimum absolute atomic E-state index is 1.16. The molecule has 0 amide bonds. The van der Waals surface area contributed by atoms with Gasteiger partial charge in [-0.3, -0.25) is 0 Å². The van der Waals surface area contributed by atoms with Gasteiger partial charge < -0.3 is 4.57 Å². The fourth-order valence-corrected chi connectivity index (χ4v) is 2.06. The van der Waals surface area contributed by atoms with Crippen LogP contribution < -0.4 is 0 Å². The van der Waals surface area contributed by atoms with E-state index in [1.54, 1.807) is 0 Å². The predicted molar refractivity (Wildman–Crippen MR) is 79.6 cm³/mol. The molecule has 1 rings (SSSR count). The summed E-state index contributed by atoms with van der Waals surface area (Å²) in [6, 6.07) is 0. The fourth-order valence-electron chi connectivity index (χ4n) is 2.06. The predicted octanol–water partition coefficient (Wildman–Crippen LogP) is 4.77. The summed E-state index contributed by atoms with van der Waals surface area (Å²) in [7, 11) is 2.08. The summed E-state index contributed by atoms with van der Waals surface area (Å²) in [4.78, 5) is 0. The summed E-state index contributed by atoms with van der Waals surface area (Å²) in [5, 5.41) is 0. The minimum Gasteiger partial charge on any atom is -0.344 e. The molecule has 1 heteroatoms. The number of hydrogen-bond donors (Lipinski definition) is 0. The minimum atomic E-state index is 1.16. The molecule has 17 heavy (non-hydrogen) atoms. The molecule has 90 valence electrons. The van der Waals surface area contributed by atoms with Crippen LogP contribution in [0.15, 0.2) is 24.8 Å². The summed E-state index contributed by atoms with van der Waals surface area (Å²) in [5.41, 5.74) is 4.86. The lowest BCUT2D eigenvalue weighted by atomic mass is 10.1. The van der Waals surface area contributed by atoms with E-state index in [1.165, 1.54) is 16.8 Å². The van der Waals surface area contributed by atoms with Gasteiger partial charge >= 0.3 is 0 Å². The van der Waals surface area contributed by atoms with Crippen molar-refractivity contribution in [3.05, 3.63) is 47.3 Å². The first kappa shape index (κ1) is 13.3. The topological polar surface area (TPSA) is 4.93 Å². The van der Waals surface area contributed by atoms with Crippen molar-refractivity contribution in [1.29, 1.82) is 0 Å². The Morgan fingerprint density at radius 3 is 1.71 bits per heavy atom. The number of rotatable bonds is 4. The Kier molecular flexibility index (Phi) is 4.77. The molecule has 0 spiro atoms. The molecule has 0 saturated heterocycles. The molecule has 0 N–H and O–H groups in total. The van der Waals surface area contributed by atoms with E-state index < -0.39 is 0 Å². The van der Waals surface area contributed by atoms with Crippen LogP contribution >= 0.6 is 0 Å². The second-order valence-corrected chi connectivity index (χ2v) is 3.86. The van der Waals surface area contributed by atoms with E-state index in [1.807, 2.05) is 26.8 Å². The number of nitrogens with zero attached hydrogens (tertiary/aromatic N) is 1. The van der Waals surface area contributed by atoms with E-state index in [-0.39, 0.29) is 0 Å². The molecule has 0 saturated carbocycles. The first-order valence-corrected chi connectivity index (χ1v) is 5.94. The zero-order valence-corrected chi connectivity index (χ0v) is 11.2. The second-order valence-electron chi connectivity index (χ2n) is 3.86. The zero-order valence-electron chi connectivity index (χ0n) is 11.2. The van der Waals surface area contributed by atoms with Gasteiger partial charge in [-0.1, -0.05) is 37.0 Å². The Morgan fingerprint density at radius 1 is 0.824 bits per heavy atom. The van der Waals surface area contributed by atoms with Gasteiger partial charge in [0.05, 0.1) is 0 Å². The molecule has 0 aliphatic heterocycles. The van der Waals surface area contributed by atoms with Gasteiger partial charge in [-0.25, -0.2) is 0 Å². The maximum absolute atomic E-state index is 3.91.